The molecule has 0 bridgehead atoms. The van der Waals surface area contributed by atoms with Gasteiger partial charge < -0.3 is 15.1 Å². The summed E-state index contributed by atoms with van der Waals surface area (Å²) < 4.78 is 5.21. The van der Waals surface area contributed by atoms with E-state index in [0.29, 0.717) is 17.9 Å². The Bertz CT molecular complexity index is 1020. The highest BCUT2D eigenvalue weighted by Crippen LogP contribution is 2.38. The number of hydrogen-bond donors (Lipinski definition) is 2. The van der Waals surface area contributed by atoms with Crippen molar-refractivity contribution < 1.29 is 9.34 Å². The first kappa shape index (κ1) is 22.3. The number of nitro groups is 1. The second kappa shape index (κ2) is 8.79. The molecule has 0 saturated heterocycles. The average Bonchev–Trinajstić information content (AvgIpc) is 3.19. The van der Waals surface area contributed by atoms with Crippen LogP contribution in [0.3, 0.4) is 0 Å². The Morgan fingerprint density at radius 1 is 1.10 bits per heavy atom. The lowest BCUT2D eigenvalue weighted by Gasteiger charge is -2.33. The van der Waals surface area contributed by atoms with Gasteiger partial charge in [0.15, 0.2) is 0 Å². The van der Waals surface area contributed by atoms with E-state index in [1.54, 1.807) is 24.7 Å². The predicted octanol–water partition coefficient (Wildman–Crippen LogP) is 6.49. The van der Waals surface area contributed by atoms with Crippen LogP contribution in [-0.2, 0) is 6.54 Å². The van der Waals surface area contributed by atoms with Crippen molar-refractivity contribution in [2.45, 2.75) is 53.1 Å². The molecule has 0 atom stereocenters. The molecule has 0 aliphatic heterocycles. The van der Waals surface area contributed by atoms with Crippen molar-refractivity contribution >= 4 is 17.2 Å². The van der Waals surface area contributed by atoms with Crippen LogP contribution in [-0.4, -0.2) is 15.4 Å². The Labute approximate surface area is 183 Å². The number of furan rings is 1. The first-order chi connectivity index (χ1) is 14.5. The molecule has 0 aliphatic rings. The van der Waals surface area contributed by atoms with E-state index in [9.17, 15) is 10.1 Å². The fourth-order valence-electron chi connectivity index (χ4n) is 3.99. The molecule has 7 nitrogen and oxygen atoms in total. The third kappa shape index (κ3) is 6.07. The van der Waals surface area contributed by atoms with Gasteiger partial charge in [-0.15, -0.1) is 0 Å². The second-order valence-electron chi connectivity index (χ2n) is 9.61. The van der Waals surface area contributed by atoms with Crippen LogP contribution in [0.25, 0.3) is 11.3 Å². The lowest BCUT2D eigenvalue weighted by Crippen LogP contribution is -2.36. The minimum Gasteiger partial charge on any atom is -0.472 e. The van der Waals surface area contributed by atoms with Gasteiger partial charge in [0.1, 0.15) is 5.69 Å². The van der Waals surface area contributed by atoms with Crippen molar-refractivity contribution in [1.82, 2.24) is 4.98 Å². The van der Waals surface area contributed by atoms with Crippen molar-refractivity contribution in [3.05, 3.63) is 70.7 Å². The standard InChI is InChI=1S/C24H30N4O3/c1-23(2,3)16-24(4,5)27-22-21(28(29)30)20(25-14-17-9-7-6-8-10-17)13-19(26-22)18-11-12-31-15-18/h6-13,15H,14,16H2,1-5H3,(H2,25,26,27). The normalized spacial score (nSPS) is 11.9. The molecule has 3 aromatic rings. The van der Waals surface area contributed by atoms with Crippen LogP contribution >= 0.6 is 0 Å². The molecular weight excluding hydrogens is 392 g/mol. The highest BCUT2D eigenvalue weighted by atomic mass is 16.6. The van der Waals surface area contributed by atoms with Gasteiger partial charge in [-0.05, 0) is 43.4 Å². The highest BCUT2D eigenvalue weighted by Gasteiger charge is 2.31. The molecule has 0 aliphatic carbocycles. The van der Waals surface area contributed by atoms with E-state index >= 15 is 0 Å². The van der Waals surface area contributed by atoms with E-state index in [1.165, 1.54) is 0 Å². The van der Waals surface area contributed by atoms with Crippen LogP contribution in [0.5, 0.6) is 0 Å². The Morgan fingerprint density at radius 3 is 2.39 bits per heavy atom. The highest BCUT2D eigenvalue weighted by molar-refractivity contribution is 5.79. The molecule has 2 heterocycles. The largest absolute Gasteiger partial charge is 0.472 e. The molecule has 0 spiro atoms. The molecule has 31 heavy (non-hydrogen) atoms. The minimum atomic E-state index is -0.401. The fraction of sp³-hybridized carbons (Fsp3) is 0.375. The molecule has 0 radical (unpaired) electrons. The van der Waals surface area contributed by atoms with E-state index in [4.69, 9.17) is 4.42 Å². The lowest BCUT2D eigenvalue weighted by atomic mass is 9.82. The van der Waals surface area contributed by atoms with Gasteiger partial charge in [-0.1, -0.05) is 51.1 Å². The first-order valence-electron chi connectivity index (χ1n) is 10.3. The van der Waals surface area contributed by atoms with Crippen LogP contribution in [0.4, 0.5) is 17.2 Å². The van der Waals surface area contributed by atoms with E-state index in [2.05, 4.69) is 36.4 Å². The molecule has 7 heteroatoms. The molecule has 1 aromatic carbocycles. The molecule has 0 unspecified atom stereocenters. The van der Waals surface area contributed by atoms with Crippen LogP contribution in [0, 0.1) is 15.5 Å². The summed E-state index contributed by atoms with van der Waals surface area (Å²) in [5.74, 6) is 0.244. The maximum Gasteiger partial charge on any atom is 0.334 e. The number of anilines is 2. The van der Waals surface area contributed by atoms with Crippen molar-refractivity contribution in [3.8, 4) is 11.3 Å². The van der Waals surface area contributed by atoms with Gasteiger partial charge in [-0.3, -0.25) is 10.1 Å². The summed E-state index contributed by atoms with van der Waals surface area (Å²) in [6.07, 6.45) is 3.95. The average molecular weight is 423 g/mol. The number of aromatic nitrogens is 1. The van der Waals surface area contributed by atoms with Gasteiger partial charge in [-0.2, -0.15) is 0 Å². The van der Waals surface area contributed by atoms with Crippen molar-refractivity contribution in [3.63, 3.8) is 0 Å². The zero-order chi connectivity index (χ0) is 22.6. The summed E-state index contributed by atoms with van der Waals surface area (Å²) in [6, 6.07) is 13.3. The van der Waals surface area contributed by atoms with Crippen molar-refractivity contribution in [2.24, 2.45) is 5.41 Å². The fourth-order valence-corrected chi connectivity index (χ4v) is 3.99. The molecule has 0 amide bonds. The number of benzene rings is 1. The summed E-state index contributed by atoms with van der Waals surface area (Å²) >= 11 is 0. The molecule has 2 N–H and O–H groups in total. The number of nitrogens with one attached hydrogen (secondary N) is 2. The van der Waals surface area contributed by atoms with E-state index < -0.39 is 5.54 Å². The molecule has 164 valence electrons. The van der Waals surface area contributed by atoms with Crippen molar-refractivity contribution in [1.29, 1.82) is 0 Å². The molecule has 0 fully saturated rings. The summed E-state index contributed by atoms with van der Waals surface area (Å²) in [5, 5.41) is 18.7. The third-order valence-electron chi connectivity index (χ3n) is 4.75. The Kier molecular flexibility index (Phi) is 6.34. The van der Waals surface area contributed by atoms with E-state index in [1.807, 2.05) is 44.2 Å². The summed E-state index contributed by atoms with van der Waals surface area (Å²) in [6.45, 7) is 11.0. The first-order valence-corrected chi connectivity index (χ1v) is 10.3. The smallest absolute Gasteiger partial charge is 0.334 e. The Balaban J connectivity index is 2.04. The van der Waals surface area contributed by atoms with Gasteiger partial charge in [0, 0.05) is 17.6 Å². The Hall–Kier alpha value is -3.35. The monoisotopic (exact) mass is 422 g/mol. The number of pyridine rings is 1. The topological polar surface area (TPSA) is 93.2 Å². The third-order valence-corrected chi connectivity index (χ3v) is 4.75. The van der Waals surface area contributed by atoms with Crippen LogP contribution < -0.4 is 10.6 Å². The maximum atomic E-state index is 12.1. The lowest BCUT2D eigenvalue weighted by molar-refractivity contribution is -0.383. The van der Waals surface area contributed by atoms with Gasteiger partial charge >= 0.3 is 5.69 Å². The minimum absolute atomic E-state index is 0.0435. The number of rotatable bonds is 8. The van der Waals surface area contributed by atoms with Gasteiger partial charge in [0.05, 0.1) is 23.1 Å². The Morgan fingerprint density at radius 2 is 1.81 bits per heavy atom. The van der Waals surface area contributed by atoms with Crippen molar-refractivity contribution in [2.75, 3.05) is 10.6 Å². The second-order valence-corrected chi connectivity index (χ2v) is 9.61. The maximum absolute atomic E-state index is 12.1. The molecular formula is C24H30N4O3. The summed E-state index contributed by atoms with van der Waals surface area (Å²) in [7, 11) is 0. The zero-order valence-corrected chi connectivity index (χ0v) is 18.7. The molecule has 2 aromatic heterocycles. The van der Waals surface area contributed by atoms with E-state index in [0.717, 1.165) is 17.5 Å². The number of hydrogen-bond acceptors (Lipinski definition) is 6. The van der Waals surface area contributed by atoms with Gasteiger partial charge in [0.25, 0.3) is 0 Å². The van der Waals surface area contributed by atoms with Gasteiger partial charge in [-0.25, -0.2) is 4.98 Å². The quantitative estimate of drug-likeness (QED) is 0.318. The SMILES string of the molecule is CC(C)(C)CC(C)(C)Nc1nc(-c2ccoc2)cc(NCc2ccccc2)c1[N+](=O)[O-]. The zero-order valence-electron chi connectivity index (χ0n) is 18.7. The van der Waals surface area contributed by atoms with Crippen LogP contribution in [0.15, 0.2) is 59.4 Å². The predicted molar refractivity (Wildman–Crippen MR) is 124 cm³/mol. The summed E-state index contributed by atoms with van der Waals surface area (Å²) in [5.41, 5.74) is 2.38. The van der Waals surface area contributed by atoms with E-state index in [-0.39, 0.29) is 21.8 Å². The molecule has 3 rings (SSSR count). The van der Waals surface area contributed by atoms with Crippen LogP contribution in [0.2, 0.25) is 0 Å². The van der Waals surface area contributed by atoms with Gasteiger partial charge in [0.2, 0.25) is 5.82 Å². The number of nitrogens with zero attached hydrogens (tertiary/aromatic N) is 2. The van der Waals surface area contributed by atoms with Crippen LogP contribution in [0.1, 0.15) is 46.6 Å². The summed E-state index contributed by atoms with van der Waals surface area (Å²) in [4.78, 5) is 16.3. The molecule has 0 saturated carbocycles.